The SMILES string of the molecule is C[C@@H]1CN=C2Sc3ccc(N)cc3N21. The highest BCUT2D eigenvalue weighted by Gasteiger charge is 2.33. The van der Waals surface area contributed by atoms with Gasteiger partial charge in [0.25, 0.3) is 0 Å². The molecule has 1 atom stereocenters. The summed E-state index contributed by atoms with van der Waals surface area (Å²) in [7, 11) is 0. The minimum absolute atomic E-state index is 0.473. The van der Waals surface area contributed by atoms with Gasteiger partial charge in [0, 0.05) is 10.6 Å². The van der Waals surface area contributed by atoms with Crippen molar-refractivity contribution in [3.05, 3.63) is 18.2 Å². The molecule has 72 valence electrons. The maximum absolute atomic E-state index is 5.78. The second-order valence-electron chi connectivity index (χ2n) is 3.67. The lowest BCUT2D eigenvalue weighted by atomic mass is 10.2. The average molecular weight is 205 g/mol. The van der Waals surface area contributed by atoms with Crippen LogP contribution in [-0.2, 0) is 0 Å². The Kier molecular flexibility index (Phi) is 1.56. The molecule has 2 N–H and O–H groups in total. The van der Waals surface area contributed by atoms with E-state index in [1.165, 1.54) is 10.6 Å². The molecule has 14 heavy (non-hydrogen) atoms. The smallest absolute Gasteiger partial charge is 0.169 e. The lowest BCUT2D eigenvalue weighted by molar-refractivity contribution is 0.783. The number of anilines is 2. The van der Waals surface area contributed by atoms with Gasteiger partial charge in [0.2, 0.25) is 0 Å². The topological polar surface area (TPSA) is 41.6 Å². The predicted octanol–water partition coefficient (Wildman–Crippen LogP) is 1.94. The minimum atomic E-state index is 0.473. The lowest BCUT2D eigenvalue weighted by Crippen LogP contribution is -2.30. The maximum Gasteiger partial charge on any atom is 0.169 e. The Morgan fingerprint density at radius 3 is 3.29 bits per heavy atom. The molecule has 0 aliphatic carbocycles. The van der Waals surface area contributed by atoms with Crippen LogP contribution < -0.4 is 10.6 Å². The van der Waals surface area contributed by atoms with Crippen molar-refractivity contribution >= 4 is 28.3 Å². The summed E-state index contributed by atoms with van der Waals surface area (Å²) in [4.78, 5) is 8.03. The number of amidine groups is 1. The van der Waals surface area contributed by atoms with Crippen LogP contribution in [0.1, 0.15) is 6.92 Å². The van der Waals surface area contributed by atoms with Crippen LogP contribution in [0.4, 0.5) is 11.4 Å². The van der Waals surface area contributed by atoms with Gasteiger partial charge in [0.15, 0.2) is 5.17 Å². The van der Waals surface area contributed by atoms with Gasteiger partial charge in [0.05, 0.1) is 18.3 Å². The number of hydrogen-bond acceptors (Lipinski definition) is 4. The highest BCUT2D eigenvalue weighted by atomic mass is 32.2. The first kappa shape index (κ1) is 8.17. The molecule has 1 aromatic carbocycles. The zero-order valence-electron chi connectivity index (χ0n) is 7.90. The summed E-state index contributed by atoms with van der Waals surface area (Å²) in [5, 5.41) is 1.12. The van der Waals surface area contributed by atoms with E-state index in [4.69, 9.17) is 5.73 Å². The fraction of sp³-hybridized carbons (Fsp3) is 0.300. The number of nitrogens with two attached hydrogens (primary N) is 1. The van der Waals surface area contributed by atoms with E-state index >= 15 is 0 Å². The van der Waals surface area contributed by atoms with Crippen molar-refractivity contribution in [1.29, 1.82) is 0 Å². The van der Waals surface area contributed by atoms with Crippen LogP contribution in [0.5, 0.6) is 0 Å². The van der Waals surface area contributed by atoms with Crippen LogP contribution in [0.2, 0.25) is 0 Å². The lowest BCUT2D eigenvalue weighted by Gasteiger charge is -2.19. The Hall–Kier alpha value is -1.16. The van der Waals surface area contributed by atoms with Crippen LogP contribution in [0.3, 0.4) is 0 Å². The van der Waals surface area contributed by atoms with Crippen LogP contribution in [0.15, 0.2) is 28.1 Å². The number of nitrogen functional groups attached to an aromatic ring is 1. The monoisotopic (exact) mass is 205 g/mol. The molecule has 2 heterocycles. The second-order valence-corrected chi connectivity index (χ2v) is 4.68. The summed E-state index contributed by atoms with van der Waals surface area (Å²) >= 11 is 1.74. The summed E-state index contributed by atoms with van der Waals surface area (Å²) in [5.74, 6) is 0. The molecule has 2 aliphatic rings. The number of rotatable bonds is 0. The summed E-state index contributed by atoms with van der Waals surface area (Å²) in [6.07, 6.45) is 0. The first-order chi connectivity index (χ1) is 6.75. The normalized spacial score (nSPS) is 23.4. The van der Waals surface area contributed by atoms with Crippen LogP contribution in [-0.4, -0.2) is 17.8 Å². The van der Waals surface area contributed by atoms with E-state index in [1.807, 2.05) is 12.1 Å². The summed E-state index contributed by atoms with van der Waals surface area (Å²) in [5.41, 5.74) is 7.83. The summed E-state index contributed by atoms with van der Waals surface area (Å²) in [6, 6.07) is 6.52. The van der Waals surface area contributed by atoms with Crippen molar-refractivity contribution < 1.29 is 0 Å². The summed E-state index contributed by atoms with van der Waals surface area (Å²) in [6.45, 7) is 3.09. The van der Waals surface area contributed by atoms with Crippen molar-refractivity contribution in [3.8, 4) is 0 Å². The molecule has 0 aromatic heterocycles. The van der Waals surface area contributed by atoms with Gasteiger partial charge in [-0.15, -0.1) is 0 Å². The first-order valence-electron chi connectivity index (χ1n) is 4.67. The van der Waals surface area contributed by atoms with Crippen LogP contribution in [0.25, 0.3) is 0 Å². The van der Waals surface area contributed by atoms with Crippen LogP contribution >= 0.6 is 11.8 Å². The third-order valence-electron chi connectivity index (χ3n) is 2.58. The van der Waals surface area contributed by atoms with E-state index in [9.17, 15) is 0 Å². The highest BCUT2D eigenvalue weighted by Crippen LogP contribution is 2.44. The van der Waals surface area contributed by atoms with Crippen LogP contribution in [0, 0.1) is 0 Å². The highest BCUT2D eigenvalue weighted by molar-refractivity contribution is 8.14. The van der Waals surface area contributed by atoms with Gasteiger partial charge in [-0.2, -0.15) is 0 Å². The van der Waals surface area contributed by atoms with Crippen molar-refractivity contribution in [1.82, 2.24) is 0 Å². The van der Waals surface area contributed by atoms with Crippen molar-refractivity contribution in [2.75, 3.05) is 17.2 Å². The van der Waals surface area contributed by atoms with E-state index in [0.29, 0.717) is 6.04 Å². The fourth-order valence-corrected chi connectivity index (χ4v) is 3.00. The molecule has 0 spiro atoms. The molecule has 2 aliphatic heterocycles. The van der Waals surface area contributed by atoms with Gasteiger partial charge in [-0.3, -0.25) is 4.99 Å². The van der Waals surface area contributed by atoms with Gasteiger partial charge >= 0.3 is 0 Å². The standard InChI is InChI=1S/C10H11N3S/c1-6-5-12-10-13(6)8-4-7(11)2-3-9(8)14-10/h2-4,6H,5,11H2,1H3/t6-/m1/s1. The molecule has 0 radical (unpaired) electrons. The molecular formula is C10H11N3S. The van der Waals surface area contributed by atoms with Crippen molar-refractivity contribution in [2.45, 2.75) is 17.9 Å². The Morgan fingerprint density at radius 1 is 1.57 bits per heavy atom. The quantitative estimate of drug-likeness (QED) is 0.658. The third-order valence-corrected chi connectivity index (χ3v) is 3.65. The number of nitrogens with zero attached hydrogens (tertiary/aromatic N) is 2. The van der Waals surface area contributed by atoms with Gasteiger partial charge in [-0.25, -0.2) is 0 Å². The van der Waals surface area contributed by atoms with E-state index in [2.05, 4.69) is 22.9 Å². The Balaban J connectivity index is 2.14. The van der Waals surface area contributed by atoms with E-state index in [0.717, 1.165) is 17.4 Å². The first-order valence-corrected chi connectivity index (χ1v) is 5.48. The van der Waals surface area contributed by atoms with E-state index in [1.54, 1.807) is 11.8 Å². The molecule has 3 nitrogen and oxygen atoms in total. The third kappa shape index (κ3) is 0.973. The number of hydrogen-bond donors (Lipinski definition) is 1. The molecule has 0 fully saturated rings. The Labute approximate surface area is 87.0 Å². The average Bonchev–Trinajstić information content (AvgIpc) is 2.67. The molecule has 3 rings (SSSR count). The van der Waals surface area contributed by atoms with Gasteiger partial charge < -0.3 is 10.6 Å². The number of benzene rings is 1. The Morgan fingerprint density at radius 2 is 2.43 bits per heavy atom. The zero-order chi connectivity index (χ0) is 9.71. The fourth-order valence-electron chi connectivity index (χ4n) is 1.89. The predicted molar refractivity (Wildman–Crippen MR) is 61.0 cm³/mol. The second kappa shape index (κ2) is 2.67. The number of fused-ring (bicyclic) bond motifs is 3. The van der Waals surface area contributed by atoms with Gasteiger partial charge in [-0.05, 0) is 36.9 Å². The molecule has 4 heteroatoms. The summed E-state index contributed by atoms with van der Waals surface area (Å²) < 4.78 is 0. The van der Waals surface area contributed by atoms with Crippen molar-refractivity contribution in [2.24, 2.45) is 4.99 Å². The van der Waals surface area contributed by atoms with Gasteiger partial charge in [0.1, 0.15) is 0 Å². The molecule has 0 bridgehead atoms. The minimum Gasteiger partial charge on any atom is -0.399 e. The molecular weight excluding hydrogens is 194 g/mol. The number of thioether (sulfide) groups is 1. The zero-order valence-corrected chi connectivity index (χ0v) is 8.71. The van der Waals surface area contributed by atoms with E-state index in [-0.39, 0.29) is 0 Å². The largest absolute Gasteiger partial charge is 0.399 e. The maximum atomic E-state index is 5.78. The molecule has 1 aromatic rings. The Bertz CT molecular complexity index is 427. The molecule has 0 saturated carbocycles. The molecule has 0 unspecified atom stereocenters. The van der Waals surface area contributed by atoms with Gasteiger partial charge in [-0.1, -0.05) is 0 Å². The molecule has 0 saturated heterocycles. The van der Waals surface area contributed by atoms with Crippen molar-refractivity contribution in [3.63, 3.8) is 0 Å². The molecule has 0 amide bonds. The van der Waals surface area contributed by atoms with E-state index < -0.39 is 0 Å². The number of aliphatic imine (C=N–C) groups is 1.